The van der Waals surface area contributed by atoms with E-state index in [9.17, 15) is 9.59 Å². The minimum absolute atomic E-state index is 0.0609. The van der Waals surface area contributed by atoms with Gasteiger partial charge >= 0.3 is 0 Å². The molecule has 196 valence electrons. The fourth-order valence-corrected chi connectivity index (χ4v) is 5.16. The molecule has 0 aliphatic carbocycles. The smallest absolute Gasteiger partial charge is 0.256 e. The maximum absolute atomic E-state index is 13.8. The number of nitrogens with zero attached hydrogens (tertiary/aromatic N) is 3. The van der Waals surface area contributed by atoms with Gasteiger partial charge in [0.1, 0.15) is 17.2 Å². The zero-order valence-corrected chi connectivity index (χ0v) is 21.6. The van der Waals surface area contributed by atoms with Crippen LogP contribution < -0.4 is 14.8 Å². The molecule has 3 aliphatic rings. The van der Waals surface area contributed by atoms with E-state index in [4.69, 9.17) is 9.47 Å². The van der Waals surface area contributed by atoms with E-state index in [1.165, 1.54) is 6.20 Å². The summed E-state index contributed by atoms with van der Waals surface area (Å²) in [5.41, 5.74) is 5.03. The number of amides is 2. The summed E-state index contributed by atoms with van der Waals surface area (Å²) < 4.78 is 12.2. The number of hydrogen-bond acceptors (Lipinski definition) is 6. The second kappa shape index (κ2) is 10.6. The molecule has 1 atom stereocenters. The molecule has 7 rings (SSSR count). The molecule has 2 amide bonds. The first-order chi connectivity index (χ1) is 19.0. The third kappa shape index (κ3) is 5.18. The van der Waals surface area contributed by atoms with Crippen molar-refractivity contribution in [3.63, 3.8) is 0 Å². The molecule has 3 aliphatic heterocycles. The third-order valence-corrected chi connectivity index (χ3v) is 6.99. The summed E-state index contributed by atoms with van der Waals surface area (Å²) in [6.45, 7) is 3.37. The molecule has 0 spiro atoms. The van der Waals surface area contributed by atoms with E-state index in [1.807, 2.05) is 60.4 Å². The summed E-state index contributed by atoms with van der Waals surface area (Å²) in [6, 6.07) is 17.1. The van der Waals surface area contributed by atoms with E-state index in [0.717, 1.165) is 22.3 Å². The Hall–Kier alpha value is -4.72. The number of carbonyl (C=O) groups excluding carboxylic acids is 2. The lowest BCUT2D eigenvalue weighted by atomic mass is 9.87. The maximum atomic E-state index is 13.8. The molecule has 0 fully saturated rings. The molecule has 8 nitrogen and oxygen atoms in total. The second-order valence-corrected chi connectivity index (χ2v) is 9.80. The van der Waals surface area contributed by atoms with E-state index in [-0.39, 0.29) is 17.9 Å². The largest absolute Gasteiger partial charge is 0.494 e. The van der Waals surface area contributed by atoms with Gasteiger partial charge in [-0.3, -0.25) is 19.6 Å². The first-order valence-electron chi connectivity index (χ1n) is 13.0. The highest BCUT2D eigenvalue weighted by atomic mass is 16.5. The molecule has 39 heavy (non-hydrogen) atoms. The van der Waals surface area contributed by atoms with Gasteiger partial charge in [0, 0.05) is 31.7 Å². The minimum Gasteiger partial charge on any atom is -0.494 e. The van der Waals surface area contributed by atoms with Crippen molar-refractivity contribution in [3.05, 3.63) is 113 Å². The van der Waals surface area contributed by atoms with Crippen LogP contribution in [0.3, 0.4) is 0 Å². The number of rotatable bonds is 1. The van der Waals surface area contributed by atoms with Crippen molar-refractivity contribution in [1.29, 1.82) is 0 Å². The number of hydrogen-bond donors (Lipinski definition) is 1. The summed E-state index contributed by atoms with van der Waals surface area (Å²) >= 11 is 0. The summed E-state index contributed by atoms with van der Waals surface area (Å²) in [6.07, 6.45) is 7.80. The van der Waals surface area contributed by atoms with Gasteiger partial charge in [-0.05, 0) is 78.4 Å². The number of aromatic nitrogens is 2. The average molecular weight is 521 g/mol. The summed E-state index contributed by atoms with van der Waals surface area (Å²) in [5, 5.41) is 2.91. The number of pyridine rings is 2. The van der Waals surface area contributed by atoms with Crippen molar-refractivity contribution in [2.24, 2.45) is 0 Å². The van der Waals surface area contributed by atoms with E-state index in [0.29, 0.717) is 60.9 Å². The second-order valence-electron chi connectivity index (χ2n) is 9.80. The molecule has 4 aromatic rings. The number of carbonyl (C=O) groups is 2. The van der Waals surface area contributed by atoms with Crippen LogP contribution in [-0.2, 0) is 6.42 Å². The van der Waals surface area contributed by atoms with Crippen LogP contribution in [0.15, 0.2) is 79.4 Å². The Kier molecular flexibility index (Phi) is 6.67. The van der Waals surface area contributed by atoms with Crippen LogP contribution in [-0.4, -0.2) is 46.4 Å². The van der Waals surface area contributed by atoms with Gasteiger partial charge in [-0.1, -0.05) is 18.2 Å². The number of nitrogens with one attached hydrogen (secondary N) is 1. The first kappa shape index (κ1) is 24.6. The van der Waals surface area contributed by atoms with Crippen molar-refractivity contribution in [2.45, 2.75) is 25.8 Å². The van der Waals surface area contributed by atoms with Crippen molar-refractivity contribution in [2.75, 3.05) is 19.7 Å². The van der Waals surface area contributed by atoms with Crippen LogP contribution in [0.5, 0.6) is 17.2 Å². The Morgan fingerprint density at radius 2 is 1.87 bits per heavy atom. The van der Waals surface area contributed by atoms with Gasteiger partial charge in [0.25, 0.3) is 11.8 Å². The minimum atomic E-state index is -0.303. The fourth-order valence-electron chi connectivity index (χ4n) is 5.16. The third-order valence-electron chi connectivity index (χ3n) is 6.99. The summed E-state index contributed by atoms with van der Waals surface area (Å²) in [4.78, 5) is 36.8. The van der Waals surface area contributed by atoms with Crippen LogP contribution in [0.1, 0.15) is 55.4 Å². The van der Waals surface area contributed by atoms with E-state index < -0.39 is 0 Å². The zero-order valence-electron chi connectivity index (χ0n) is 21.6. The molecule has 1 unspecified atom stereocenters. The molecule has 0 radical (unpaired) electrons. The molecular weight excluding hydrogens is 492 g/mol. The van der Waals surface area contributed by atoms with Crippen molar-refractivity contribution in [1.82, 2.24) is 20.2 Å². The molecule has 2 aromatic carbocycles. The maximum Gasteiger partial charge on any atom is 0.256 e. The number of benzene rings is 2. The van der Waals surface area contributed by atoms with Crippen molar-refractivity contribution >= 4 is 11.8 Å². The monoisotopic (exact) mass is 520 g/mol. The molecule has 8 bridgehead atoms. The summed E-state index contributed by atoms with van der Waals surface area (Å²) in [5.74, 6) is 1.57. The highest BCUT2D eigenvalue weighted by molar-refractivity contribution is 5.95. The van der Waals surface area contributed by atoms with Crippen molar-refractivity contribution in [3.8, 4) is 17.2 Å². The predicted octanol–water partition coefficient (Wildman–Crippen LogP) is 4.88. The molecule has 1 N–H and O–H groups in total. The molecule has 0 saturated carbocycles. The van der Waals surface area contributed by atoms with E-state index in [1.54, 1.807) is 24.7 Å². The lowest BCUT2D eigenvalue weighted by molar-refractivity contribution is 0.0693. The quantitative estimate of drug-likeness (QED) is 0.385. The molecule has 8 heteroatoms. The molecular formula is C31H28N4O4. The van der Waals surface area contributed by atoms with Gasteiger partial charge in [-0.15, -0.1) is 0 Å². The van der Waals surface area contributed by atoms with Crippen LogP contribution >= 0.6 is 0 Å². The normalized spacial score (nSPS) is 16.8. The lowest BCUT2D eigenvalue weighted by Crippen LogP contribution is -2.40. The zero-order chi connectivity index (χ0) is 26.8. The van der Waals surface area contributed by atoms with Gasteiger partial charge in [-0.2, -0.15) is 0 Å². The lowest BCUT2D eigenvalue weighted by Gasteiger charge is -2.38. The SMILES string of the molecule is Cc1cncc(C(=O)N2CCc3cc4ccc3C2c2cccc(c2)OCCCNC(=O)c2cncc(c2)O4)c1. The first-order valence-corrected chi connectivity index (χ1v) is 13.0. The number of aryl methyl sites for hydroxylation is 1. The Morgan fingerprint density at radius 3 is 2.77 bits per heavy atom. The molecule has 2 aromatic heterocycles. The van der Waals surface area contributed by atoms with E-state index in [2.05, 4.69) is 15.3 Å². The predicted molar refractivity (Wildman–Crippen MR) is 145 cm³/mol. The van der Waals surface area contributed by atoms with Crippen LogP contribution in [0.4, 0.5) is 0 Å². The van der Waals surface area contributed by atoms with Crippen LogP contribution in [0.2, 0.25) is 0 Å². The van der Waals surface area contributed by atoms with Gasteiger partial charge < -0.3 is 19.7 Å². The van der Waals surface area contributed by atoms with E-state index >= 15 is 0 Å². The Balaban J connectivity index is 1.43. The van der Waals surface area contributed by atoms with Gasteiger partial charge in [0.15, 0.2) is 0 Å². The average Bonchev–Trinajstić information content (AvgIpc) is 2.95. The van der Waals surface area contributed by atoms with Gasteiger partial charge in [0.05, 0.1) is 30.0 Å². The highest BCUT2D eigenvalue weighted by Gasteiger charge is 2.33. The molecule has 0 saturated heterocycles. The number of fused-ring (bicyclic) bond motifs is 6. The Morgan fingerprint density at radius 1 is 0.974 bits per heavy atom. The van der Waals surface area contributed by atoms with Gasteiger partial charge in [0.2, 0.25) is 0 Å². The summed E-state index contributed by atoms with van der Waals surface area (Å²) in [7, 11) is 0. The van der Waals surface area contributed by atoms with Crippen molar-refractivity contribution < 1.29 is 19.1 Å². The Bertz CT molecular complexity index is 1550. The standard InChI is InChI=1S/C31H28N4O4/c1-20-12-24(18-32-16-20)31(37)35-10-8-21-13-26-6-7-28(21)29(35)22-4-2-5-25(14-22)38-11-3-9-34-30(36)23-15-27(39-26)19-33-17-23/h2,4-7,12-19,29H,3,8-11H2,1H3,(H,34,36). The fraction of sp³-hybridized carbons (Fsp3) is 0.226. The topological polar surface area (TPSA) is 93.7 Å². The Labute approximate surface area is 226 Å². The number of ether oxygens (including phenoxy) is 2. The molecule has 5 heterocycles. The van der Waals surface area contributed by atoms with Crippen LogP contribution in [0.25, 0.3) is 0 Å². The van der Waals surface area contributed by atoms with Gasteiger partial charge in [-0.25, -0.2) is 0 Å². The van der Waals surface area contributed by atoms with Crippen LogP contribution in [0, 0.1) is 6.92 Å². The highest BCUT2D eigenvalue weighted by Crippen LogP contribution is 2.39.